The highest BCUT2D eigenvalue weighted by atomic mass is 31.2. The molecule has 1 aliphatic rings. The number of nitrogen functional groups attached to an aromatic ring is 1. The number of nitrogens with two attached hydrogens (primary N) is 1. The zero-order valence-electron chi connectivity index (χ0n) is 14.7. The van der Waals surface area contributed by atoms with Gasteiger partial charge < -0.3 is 25.4 Å². The van der Waals surface area contributed by atoms with E-state index in [1.807, 2.05) is 18.5 Å². The first-order chi connectivity index (χ1) is 12.8. The number of aromatic amines is 1. The average molecular weight is 395 g/mol. The number of anilines is 1. The number of pyridine rings is 1. The van der Waals surface area contributed by atoms with Crippen molar-refractivity contribution in [3.05, 3.63) is 42.7 Å². The van der Waals surface area contributed by atoms with Crippen molar-refractivity contribution >= 4 is 24.8 Å². The van der Waals surface area contributed by atoms with Gasteiger partial charge in [0.15, 0.2) is 11.5 Å². The van der Waals surface area contributed by atoms with Crippen LogP contribution in [0.25, 0.3) is 11.2 Å². The molecule has 0 aliphatic carbocycles. The number of nitrogens with one attached hydrogen (secondary N) is 1. The molecule has 0 saturated carbocycles. The lowest BCUT2D eigenvalue weighted by atomic mass is 10.1. The van der Waals surface area contributed by atoms with Gasteiger partial charge in [0.2, 0.25) is 0 Å². The van der Waals surface area contributed by atoms with E-state index in [4.69, 9.17) is 25.0 Å². The van der Waals surface area contributed by atoms with Gasteiger partial charge in [0, 0.05) is 18.4 Å². The highest BCUT2D eigenvalue weighted by Gasteiger charge is 2.21. The minimum absolute atomic E-state index is 0.433. The van der Waals surface area contributed by atoms with E-state index in [2.05, 4.69) is 42.9 Å². The number of aromatic nitrogens is 5. The smallest absolute Gasteiger partial charge is 0.382 e. The number of H-pyrrole nitrogens is 1. The van der Waals surface area contributed by atoms with Crippen molar-refractivity contribution in [3.8, 4) is 0 Å². The van der Waals surface area contributed by atoms with Gasteiger partial charge >= 0.3 is 7.82 Å². The molecular formula is C15H22N7O4P. The van der Waals surface area contributed by atoms with Crippen LogP contribution in [0, 0.1) is 0 Å². The van der Waals surface area contributed by atoms with E-state index in [1.54, 1.807) is 0 Å². The molecule has 1 unspecified atom stereocenters. The Morgan fingerprint density at radius 2 is 2.04 bits per heavy atom. The second-order valence-electron chi connectivity index (χ2n) is 5.80. The highest BCUT2D eigenvalue weighted by molar-refractivity contribution is 7.45. The molecule has 27 heavy (non-hydrogen) atoms. The standard InChI is InChI=1S/C10H14N2.C5H5N5.H3O4P/c1-12-7-3-5-10(12)9-4-2-6-11-8-9;6-4-3-5(9-1-7-3)10-2-8-4;1-5(2,3)4/h2,4,6,8,10H,3,5,7H2,1H3;1-2H,(H3,6,7,8,9,10);(H3,1,2,3,4). The number of rotatable bonds is 1. The number of likely N-dealkylation sites (tertiary alicyclic amines) is 1. The molecule has 4 heterocycles. The lowest BCUT2D eigenvalue weighted by Gasteiger charge is -2.18. The summed E-state index contributed by atoms with van der Waals surface area (Å²) in [7, 11) is -2.45. The van der Waals surface area contributed by atoms with Gasteiger partial charge in [0.05, 0.1) is 6.33 Å². The highest BCUT2D eigenvalue weighted by Crippen LogP contribution is 2.29. The molecule has 0 amide bonds. The van der Waals surface area contributed by atoms with Gasteiger partial charge in [-0.05, 0) is 38.1 Å². The monoisotopic (exact) mass is 395 g/mol. The summed E-state index contributed by atoms with van der Waals surface area (Å²) in [6.45, 7) is 1.22. The fourth-order valence-corrected chi connectivity index (χ4v) is 2.69. The third-order valence-electron chi connectivity index (χ3n) is 3.84. The van der Waals surface area contributed by atoms with E-state index in [9.17, 15) is 0 Å². The predicted octanol–water partition coefficient (Wildman–Crippen LogP) is 0.855. The summed E-state index contributed by atoms with van der Waals surface area (Å²) in [5.41, 5.74) is 8.14. The molecule has 4 rings (SSSR count). The van der Waals surface area contributed by atoms with Gasteiger partial charge in [-0.2, -0.15) is 0 Å². The van der Waals surface area contributed by atoms with Crippen LogP contribution < -0.4 is 5.73 Å². The number of phosphoric acid groups is 1. The minimum atomic E-state index is -4.64. The number of imidazole rings is 1. The summed E-state index contributed by atoms with van der Waals surface area (Å²) >= 11 is 0. The molecular weight excluding hydrogens is 373 g/mol. The summed E-state index contributed by atoms with van der Waals surface area (Å²) in [5, 5.41) is 0. The molecule has 3 aromatic rings. The molecule has 146 valence electrons. The first-order valence-corrected chi connectivity index (χ1v) is 9.60. The molecule has 11 nitrogen and oxygen atoms in total. The van der Waals surface area contributed by atoms with E-state index in [1.165, 1.54) is 37.6 Å². The fourth-order valence-electron chi connectivity index (χ4n) is 2.69. The molecule has 1 aliphatic heterocycles. The first kappa shape index (κ1) is 20.9. The largest absolute Gasteiger partial charge is 0.466 e. The Bertz CT molecular complexity index is 878. The molecule has 6 N–H and O–H groups in total. The fraction of sp³-hybridized carbons (Fsp3) is 0.333. The maximum Gasteiger partial charge on any atom is 0.466 e. The second-order valence-corrected chi connectivity index (χ2v) is 6.82. The van der Waals surface area contributed by atoms with Crippen molar-refractivity contribution in [1.82, 2.24) is 29.8 Å². The normalized spacial score (nSPS) is 17.0. The van der Waals surface area contributed by atoms with Gasteiger partial charge in [0.25, 0.3) is 0 Å². The van der Waals surface area contributed by atoms with Crippen molar-refractivity contribution in [2.24, 2.45) is 0 Å². The molecule has 0 aromatic carbocycles. The van der Waals surface area contributed by atoms with Crippen molar-refractivity contribution in [3.63, 3.8) is 0 Å². The zero-order valence-corrected chi connectivity index (χ0v) is 15.6. The quantitative estimate of drug-likeness (QED) is 0.372. The third-order valence-corrected chi connectivity index (χ3v) is 3.84. The SMILES string of the molecule is CN1CCCC1c1cccnc1.Nc1ncnc2nc[nH]c12.O=P(O)(O)O. The molecule has 1 fully saturated rings. The second kappa shape index (κ2) is 9.49. The maximum atomic E-state index is 8.88. The molecule has 12 heteroatoms. The Morgan fingerprint density at radius 3 is 2.59 bits per heavy atom. The van der Waals surface area contributed by atoms with Crippen LogP contribution in [0.2, 0.25) is 0 Å². The van der Waals surface area contributed by atoms with Crippen LogP contribution in [0.3, 0.4) is 0 Å². The van der Waals surface area contributed by atoms with Crippen LogP contribution in [-0.4, -0.2) is 58.1 Å². The topological polar surface area (TPSA) is 174 Å². The first-order valence-electron chi connectivity index (χ1n) is 8.03. The molecule has 0 radical (unpaired) electrons. The van der Waals surface area contributed by atoms with Crippen molar-refractivity contribution < 1.29 is 19.2 Å². The zero-order chi connectivity index (χ0) is 19.9. The number of hydrogen-bond donors (Lipinski definition) is 5. The average Bonchev–Trinajstić information content (AvgIpc) is 3.24. The lowest BCUT2D eigenvalue weighted by Crippen LogP contribution is -2.17. The van der Waals surface area contributed by atoms with Crippen LogP contribution in [0.5, 0.6) is 0 Å². The van der Waals surface area contributed by atoms with Gasteiger partial charge in [-0.25, -0.2) is 19.5 Å². The summed E-state index contributed by atoms with van der Waals surface area (Å²) in [5.74, 6) is 0.433. The van der Waals surface area contributed by atoms with Crippen molar-refractivity contribution in [2.75, 3.05) is 19.3 Å². The minimum Gasteiger partial charge on any atom is -0.382 e. The maximum absolute atomic E-state index is 8.88. The van der Waals surface area contributed by atoms with E-state index >= 15 is 0 Å². The Morgan fingerprint density at radius 1 is 1.30 bits per heavy atom. The molecule has 3 aromatic heterocycles. The Hall–Kier alpha value is -2.43. The van der Waals surface area contributed by atoms with E-state index in [0.29, 0.717) is 23.0 Å². The molecule has 1 saturated heterocycles. The van der Waals surface area contributed by atoms with E-state index in [-0.39, 0.29) is 0 Å². The van der Waals surface area contributed by atoms with Crippen LogP contribution in [0.15, 0.2) is 37.2 Å². The molecule has 0 spiro atoms. The van der Waals surface area contributed by atoms with Crippen LogP contribution in [0.1, 0.15) is 24.4 Å². The van der Waals surface area contributed by atoms with Crippen LogP contribution in [0.4, 0.5) is 5.82 Å². The number of hydrogen-bond acceptors (Lipinski definition) is 7. The van der Waals surface area contributed by atoms with Crippen LogP contribution >= 0.6 is 7.82 Å². The third kappa shape index (κ3) is 7.00. The Kier molecular flexibility index (Phi) is 7.34. The molecule has 0 bridgehead atoms. The van der Waals surface area contributed by atoms with Gasteiger partial charge in [-0.15, -0.1) is 0 Å². The summed E-state index contributed by atoms with van der Waals surface area (Å²) in [6, 6.07) is 4.79. The lowest BCUT2D eigenvalue weighted by molar-refractivity contribution is 0.275. The Balaban J connectivity index is 0.000000158. The van der Waals surface area contributed by atoms with Crippen molar-refractivity contribution in [2.45, 2.75) is 18.9 Å². The van der Waals surface area contributed by atoms with Crippen LogP contribution in [-0.2, 0) is 4.57 Å². The number of fused-ring (bicyclic) bond motifs is 1. The summed E-state index contributed by atoms with van der Waals surface area (Å²) < 4.78 is 8.88. The van der Waals surface area contributed by atoms with E-state index in [0.717, 1.165) is 0 Å². The van der Waals surface area contributed by atoms with E-state index < -0.39 is 7.82 Å². The number of nitrogens with zero attached hydrogens (tertiary/aromatic N) is 5. The van der Waals surface area contributed by atoms with Gasteiger partial charge in [-0.3, -0.25) is 9.88 Å². The van der Waals surface area contributed by atoms with Gasteiger partial charge in [0.1, 0.15) is 11.8 Å². The van der Waals surface area contributed by atoms with Crippen molar-refractivity contribution in [1.29, 1.82) is 0 Å². The Labute approximate surface area is 155 Å². The summed E-state index contributed by atoms with van der Waals surface area (Å²) in [6.07, 6.45) is 9.33. The van der Waals surface area contributed by atoms with Gasteiger partial charge in [-0.1, -0.05) is 6.07 Å². The molecule has 1 atom stereocenters. The predicted molar refractivity (Wildman–Crippen MR) is 99.2 cm³/mol. The summed E-state index contributed by atoms with van der Waals surface area (Å²) in [4.78, 5) is 42.5.